The Morgan fingerprint density at radius 3 is 2.33 bits per heavy atom. The highest BCUT2D eigenvalue weighted by Gasteiger charge is 2.27. The van der Waals surface area contributed by atoms with Gasteiger partial charge in [-0.05, 0) is 30.3 Å². The number of nitrogens with one attached hydrogen (secondary N) is 1. The van der Waals surface area contributed by atoms with Gasteiger partial charge < -0.3 is 10.1 Å². The number of hydrogen-bond acceptors (Lipinski definition) is 4. The number of likely N-dealkylation sites (N-methyl/N-ethyl adjacent to an activating group) is 1. The summed E-state index contributed by atoms with van der Waals surface area (Å²) in [5, 5.41) is 3.30. The van der Waals surface area contributed by atoms with Crippen LogP contribution in [0.25, 0.3) is 0 Å². The van der Waals surface area contributed by atoms with Gasteiger partial charge in [-0.3, -0.25) is 4.79 Å². The van der Waals surface area contributed by atoms with Gasteiger partial charge in [0.05, 0.1) is 34.4 Å². The van der Waals surface area contributed by atoms with Gasteiger partial charge in [0.25, 0.3) is 0 Å². The van der Waals surface area contributed by atoms with Crippen LogP contribution in [0.4, 0.5) is 5.69 Å². The Morgan fingerprint density at radius 1 is 1.07 bits per heavy atom. The molecule has 27 heavy (non-hydrogen) atoms. The molecule has 0 bridgehead atoms. The van der Waals surface area contributed by atoms with E-state index in [0.29, 0.717) is 0 Å². The van der Waals surface area contributed by atoms with Crippen LogP contribution < -0.4 is 10.1 Å². The number of sulfonamides is 1. The molecule has 6 nitrogen and oxygen atoms in total. The molecule has 0 unspecified atom stereocenters. The van der Waals surface area contributed by atoms with Crippen molar-refractivity contribution in [1.29, 1.82) is 0 Å². The van der Waals surface area contributed by atoms with Gasteiger partial charge in [0.2, 0.25) is 15.9 Å². The number of hydrogen-bond donors (Lipinski definition) is 1. The number of ether oxygens (including phenoxy) is 1. The standard InChI is InChI=1S/C16H14Cl4N2O4S/c1-22(27(24,25)15-5-9(17)3-4-14(15)26-2)8-16(23)21-13-7-11(19)10(18)6-12(13)20/h3-7H,8H2,1-2H3,(H,21,23). The van der Waals surface area contributed by atoms with Crippen LogP contribution in [-0.4, -0.2) is 39.3 Å². The number of anilines is 1. The fourth-order valence-corrected chi connectivity index (χ4v) is 4.25. The maximum Gasteiger partial charge on any atom is 0.247 e. The molecule has 0 heterocycles. The second kappa shape index (κ2) is 8.86. The van der Waals surface area contributed by atoms with Gasteiger partial charge in [-0.1, -0.05) is 46.4 Å². The van der Waals surface area contributed by atoms with Crippen LogP contribution in [0.1, 0.15) is 0 Å². The largest absolute Gasteiger partial charge is 0.495 e. The average Bonchev–Trinajstić information content (AvgIpc) is 2.59. The second-order valence-corrected chi connectivity index (χ2v) is 9.02. The van der Waals surface area contributed by atoms with Gasteiger partial charge in [0.15, 0.2) is 0 Å². The fourth-order valence-electron chi connectivity index (χ4n) is 2.12. The van der Waals surface area contributed by atoms with Crippen LogP contribution in [0.15, 0.2) is 35.2 Å². The molecule has 11 heteroatoms. The second-order valence-electron chi connectivity index (χ2n) is 5.35. The summed E-state index contributed by atoms with van der Waals surface area (Å²) < 4.78 is 31.5. The number of rotatable bonds is 6. The third-order valence-electron chi connectivity index (χ3n) is 3.46. The molecule has 0 aliphatic carbocycles. The molecule has 0 saturated carbocycles. The Kier molecular flexibility index (Phi) is 7.24. The molecule has 0 aliphatic rings. The van der Waals surface area contributed by atoms with E-state index in [0.717, 1.165) is 4.31 Å². The van der Waals surface area contributed by atoms with E-state index >= 15 is 0 Å². The summed E-state index contributed by atoms with van der Waals surface area (Å²) in [4.78, 5) is 12.1. The molecule has 0 spiro atoms. The van der Waals surface area contributed by atoms with Crippen molar-refractivity contribution in [3.63, 3.8) is 0 Å². The molecular weight excluding hydrogens is 458 g/mol. The quantitative estimate of drug-likeness (QED) is 0.626. The summed E-state index contributed by atoms with van der Waals surface area (Å²) >= 11 is 23.6. The Bertz CT molecular complexity index is 983. The first-order chi connectivity index (χ1) is 12.6. The molecular formula is C16H14Cl4N2O4S. The Morgan fingerprint density at radius 2 is 1.70 bits per heavy atom. The SMILES string of the molecule is COc1ccc(Cl)cc1S(=O)(=O)N(C)CC(=O)Nc1cc(Cl)c(Cl)cc1Cl. The molecule has 1 amide bonds. The predicted molar refractivity (Wildman–Crippen MR) is 108 cm³/mol. The summed E-state index contributed by atoms with van der Waals surface area (Å²) in [5.74, 6) is -0.512. The molecule has 2 aromatic rings. The lowest BCUT2D eigenvalue weighted by molar-refractivity contribution is -0.116. The molecule has 0 radical (unpaired) electrons. The van der Waals surface area contributed by atoms with E-state index in [-0.39, 0.29) is 36.4 Å². The average molecular weight is 472 g/mol. The fraction of sp³-hybridized carbons (Fsp3) is 0.188. The third-order valence-corrected chi connectivity index (χ3v) is 6.56. The first kappa shape index (κ1) is 22.1. The van der Waals surface area contributed by atoms with E-state index in [1.807, 2.05) is 0 Å². The predicted octanol–water partition coefficient (Wildman–Crippen LogP) is 4.57. The molecule has 2 rings (SSSR count). The van der Waals surface area contributed by atoms with E-state index in [1.54, 1.807) is 0 Å². The van der Waals surface area contributed by atoms with Crippen LogP contribution in [0.3, 0.4) is 0 Å². The molecule has 1 N–H and O–H groups in total. The highest BCUT2D eigenvalue weighted by Crippen LogP contribution is 2.32. The summed E-state index contributed by atoms with van der Waals surface area (Å²) in [5.41, 5.74) is 0.210. The van der Waals surface area contributed by atoms with Gasteiger partial charge in [-0.15, -0.1) is 0 Å². The molecule has 0 aromatic heterocycles. The van der Waals surface area contributed by atoms with Gasteiger partial charge in [-0.2, -0.15) is 4.31 Å². The maximum absolute atomic E-state index is 12.8. The lowest BCUT2D eigenvalue weighted by atomic mass is 10.3. The Balaban J connectivity index is 2.21. The van der Waals surface area contributed by atoms with E-state index in [9.17, 15) is 13.2 Å². The van der Waals surface area contributed by atoms with Gasteiger partial charge >= 0.3 is 0 Å². The van der Waals surface area contributed by atoms with E-state index < -0.39 is 22.5 Å². The number of carbonyl (C=O) groups excluding carboxylic acids is 1. The monoisotopic (exact) mass is 470 g/mol. The highest BCUT2D eigenvalue weighted by molar-refractivity contribution is 7.89. The topological polar surface area (TPSA) is 75.7 Å². The first-order valence-electron chi connectivity index (χ1n) is 7.30. The minimum atomic E-state index is -4.03. The minimum absolute atomic E-state index is 0.110. The van der Waals surface area contributed by atoms with Crippen LogP contribution in [-0.2, 0) is 14.8 Å². The number of benzene rings is 2. The van der Waals surface area contributed by atoms with Gasteiger partial charge in [0, 0.05) is 12.1 Å². The van der Waals surface area contributed by atoms with Crippen molar-refractivity contribution in [2.24, 2.45) is 0 Å². The van der Waals surface area contributed by atoms with Crippen molar-refractivity contribution in [2.45, 2.75) is 4.90 Å². The van der Waals surface area contributed by atoms with Crippen LogP contribution in [0, 0.1) is 0 Å². The van der Waals surface area contributed by atoms with Crippen LogP contribution in [0.2, 0.25) is 20.1 Å². The van der Waals surface area contributed by atoms with Crippen molar-refractivity contribution < 1.29 is 17.9 Å². The van der Waals surface area contributed by atoms with E-state index in [4.69, 9.17) is 51.1 Å². The third kappa shape index (κ3) is 5.19. The summed E-state index contributed by atoms with van der Waals surface area (Å²) in [6.07, 6.45) is 0. The van der Waals surface area contributed by atoms with Crippen molar-refractivity contribution >= 4 is 68.0 Å². The highest BCUT2D eigenvalue weighted by atomic mass is 35.5. The molecule has 0 saturated heterocycles. The zero-order valence-electron chi connectivity index (χ0n) is 14.1. The van der Waals surface area contributed by atoms with Crippen molar-refractivity contribution in [2.75, 3.05) is 26.0 Å². The van der Waals surface area contributed by atoms with Crippen molar-refractivity contribution in [3.05, 3.63) is 50.4 Å². The minimum Gasteiger partial charge on any atom is -0.495 e. The summed E-state index contributed by atoms with van der Waals surface area (Å²) in [6.45, 7) is -0.478. The van der Waals surface area contributed by atoms with Gasteiger partial charge in [-0.25, -0.2) is 8.42 Å². The first-order valence-corrected chi connectivity index (χ1v) is 10.3. The van der Waals surface area contributed by atoms with Crippen molar-refractivity contribution in [1.82, 2.24) is 4.31 Å². The van der Waals surface area contributed by atoms with E-state index in [2.05, 4.69) is 5.32 Å². The van der Waals surface area contributed by atoms with Crippen LogP contribution in [0.5, 0.6) is 5.75 Å². The number of halogens is 4. The number of nitrogens with zero attached hydrogens (tertiary/aromatic N) is 1. The van der Waals surface area contributed by atoms with E-state index in [1.165, 1.54) is 44.5 Å². The molecule has 0 fully saturated rings. The molecule has 146 valence electrons. The van der Waals surface area contributed by atoms with Gasteiger partial charge in [0.1, 0.15) is 10.6 Å². The lowest BCUT2D eigenvalue weighted by Crippen LogP contribution is -2.35. The summed E-state index contributed by atoms with van der Waals surface area (Å²) in [6, 6.07) is 6.92. The zero-order chi connectivity index (χ0) is 20.4. The lowest BCUT2D eigenvalue weighted by Gasteiger charge is -2.19. The maximum atomic E-state index is 12.8. The number of carbonyl (C=O) groups is 1. The molecule has 2 aromatic carbocycles. The van der Waals surface area contributed by atoms with Crippen LogP contribution >= 0.6 is 46.4 Å². The Hall–Kier alpha value is -1.22. The number of methoxy groups -OCH3 is 1. The smallest absolute Gasteiger partial charge is 0.247 e. The molecule has 0 aliphatic heterocycles. The normalized spacial score (nSPS) is 11.5. The summed E-state index contributed by atoms with van der Waals surface area (Å²) in [7, 11) is -1.44. The Labute approximate surface area is 177 Å². The zero-order valence-corrected chi connectivity index (χ0v) is 17.9. The molecule has 0 atom stereocenters. The van der Waals surface area contributed by atoms with Crippen molar-refractivity contribution in [3.8, 4) is 5.75 Å². The number of amides is 1.